The molecule has 29 heavy (non-hydrogen) atoms. The second kappa shape index (κ2) is 8.44. The van der Waals surface area contributed by atoms with Crippen LogP contribution in [0.2, 0.25) is 0 Å². The van der Waals surface area contributed by atoms with Crippen LogP contribution in [0.4, 0.5) is 0 Å². The molecule has 6 nitrogen and oxygen atoms in total. The van der Waals surface area contributed by atoms with Gasteiger partial charge in [0.2, 0.25) is 5.91 Å². The molecule has 0 bridgehead atoms. The predicted octanol–water partition coefficient (Wildman–Crippen LogP) is 2.90. The van der Waals surface area contributed by atoms with E-state index in [1.807, 2.05) is 11.8 Å². The van der Waals surface area contributed by atoms with Crippen molar-refractivity contribution in [3.8, 4) is 0 Å². The summed E-state index contributed by atoms with van der Waals surface area (Å²) in [6.07, 6.45) is 3.10. The van der Waals surface area contributed by atoms with Gasteiger partial charge in [0.25, 0.3) is 0 Å². The summed E-state index contributed by atoms with van der Waals surface area (Å²) in [6, 6.07) is 8.33. The van der Waals surface area contributed by atoms with E-state index in [1.165, 1.54) is 5.56 Å². The number of rotatable bonds is 4. The molecular formula is C23H32N2O4. The summed E-state index contributed by atoms with van der Waals surface area (Å²) in [5, 5.41) is 14.4. The Kier molecular flexibility index (Phi) is 5.93. The fraction of sp³-hybridized carbons (Fsp3) is 0.652. The summed E-state index contributed by atoms with van der Waals surface area (Å²) in [7, 11) is 0. The number of carbonyl (C=O) groups is 1. The minimum Gasteiger partial charge on any atom is -0.393 e. The normalized spacial score (nSPS) is 29.3. The van der Waals surface area contributed by atoms with Gasteiger partial charge >= 0.3 is 0 Å². The van der Waals surface area contributed by atoms with E-state index < -0.39 is 5.41 Å². The summed E-state index contributed by atoms with van der Waals surface area (Å²) < 4.78 is 5.59. The largest absolute Gasteiger partial charge is 0.393 e. The number of oxime groups is 1. The van der Waals surface area contributed by atoms with Gasteiger partial charge in [0.05, 0.1) is 17.2 Å². The summed E-state index contributed by atoms with van der Waals surface area (Å²) in [4.78, 5) is 21.3. The molecule has 1 aromatic carbocycles. The molecule has 3 aliphatic heterocycles. The van der Waals surface area contributed by atoms with Crippen molar-refractivity contribution in [3.05, 3.63) is 35.4 Å². The van der Waals surface area contributed by atoms with E-state index in [4.69, 9.17) is 9.57 Å². The highest BCUT2D eigenvalue weighted by Gasteiger charge is 2.46. The molecule has 3 atom stereocenters. The standard InChI is InChI=1S/C23H32N2O4/c1-16-3-5-18(6-4-16)20-13-19(29-24-20)14-23(8-11-28-12-9-23)22(27)25-10-7-21(26)17(2)15-25/h3-6,17,19,21,26H,7-15H2,1-2H3. The molecule has 3 aliphatic rings. The number of nitrogens with zero attached hydrogens (tertiary/aromatic N) is 2. The SMILES string of the molecule is Cc1ccc(C2=NOC(CC3(C(=O)N4CCC(O)C(C)C4)CCOCC3)C2)cc1. The molecule has 3 heterocycles. The first-order valence-corrected chi connectivity index (χ1v) is 10.8. The Morgan fingerprint density at radius 1 is 1.28 bits per heavy atom. The number of carbonyl (C=O) groups excluding carboxylic acids is 1. The van der Waals surface area contributed by atoms with Gasteiger partial charge in [-0.25, -0.2) is 0 Å². The summed E-state index contributed by atoms with van der Waals surface area (Å²) in [5.74, 6) is 0.315. The maximum atomic E-state index is 13.6. The van der Waals surface area contributed by atoms with E-state index in [1.54, 1.807) is 0 Å². The maximum absolute atomic E-state index is 13.6. The number of amides is 1. The minimum absolute atomic E-state index is 0.0823. The van der Waals surface area contributed by atoms with Crippen LogP contribution in [0, 0.1) is 18.3 Å². The number of benzene rings is 1. The van der Waals surface area contributed by atoms with Gasteiger partial charge in [-0.15, -0.1) is 0 Å². The molecule has 0 spiro atoms. The molecular weight excluding hydrogens is 368 g/mol. The highest BCUT2D eigenvalue weighted by atomic mass is 16.6. The lowest BCUT2D eigenvalue weighted by Crippen LogP contribution is -2.53. The summed E-state index contributed by atoms with van der Waals surface area (Å²) in [5.41, 5.74) is 2.81. The Bertz CT molecular complexity index is 755. The quantitative estimate of drug-likeness (QED) is 0.844. The van der Waals surface area contributed by atoms with Gasteiger partial charge < -0.3 is 19.6 Å². The molecule has 6 heteroatoms. The third-order valence-corrected chi connectivity index (χ3v) is 6.79. The first-order valence-electron chi connectivity index (χ1n) is 10.8. The molecule has 4 rings (SSSR count). The Hall–Kier alpha value is -1.92. The van der Waals surface area contributed by atoms with Crippen molar-refractivity contribution in [1.82, 2.24) is 4.90 Å². The van der Waals surface area contributed by atoms with Crippen LogP contribution in [0.15, 0.2) is 29.4 Å². The maximum Gasteiger partial charge on any atom is 0.229 e. The second-order valence-electron chi connectivity index (χ2n) is 9.02. The Labute approximate surface area is 172 Å². The first kappa shape index (κ1) is 20.4. The topological polar surface area (TPSA) is 71.4 Å². The molecule has 158 valence electrons. The van der Waals surface area contributed by atoms with Crippen LogP contribution in [-0.4, -0.2) is 60.1 Å². The van der Waals surface area contributed by atoms with Crippen molar-refractivity contribution in [2.45, 2.75) is 58.2 Å². The van der Waals surface area contributed by atoms with E-state index in [9.17, 15) is 9.90 Å². The van der Waals surface area contributed by atoms with Crippen molar-refractivity contribution in [2.24, 2.45) is 16.5 Å². The van der Waals surface area contributed by atoms with Crippen LogP contribution >= 0.6 is 0 Å². The van der Waals surface area contributed by atoms with Gasteiger partial charge in [-0.2, -0.15) is 0 Å². The molecule has 2 saturated heterocycles. The van der Waals surface area contributed by atoms with Gasteiger partial charge in [-0.05, 0) is 37.7 Å². The number of aryl methyl sites for hydroxylation is 1. The van der Waals surface area contributed by atoms with E-state index in [2.05, 4.69) is 36.3 Å². The molecule has 2 fully saturated rings. The third-order valence-electron chi connectivity index (χ3n) is 6.79. The average molecular weight is 401 g/mol. The van der Waals surface area contributed by atoms with Crippen LogP contribution < -0.4 is 0 Å². The zero-order valence-corrected chi connectivity index (χ0v) is 17.5. The highest BCUT2D eigenvalue weighted by molar-refractivity contribution is 6.01. The average Bonchev–Trinajstić information content (AvgIpc) is 3.19. The van der Waals surface area contributed by atoms with Crippen LogP contribution in [0.1, 0.15) is 50.2 Å². The van der Waals surface area contributed by atoms with Crippen molar-refractivity contribution in [2.75, 3.05) is 26.3 Å². The fourth-order valence-corrected chi connectivity index (χ4v) is 4.81. The summed E-state index contributed by atoms with van der Waals surface area (Å²) in [6.45, 7) is 6.55. The molecule has 3 unspecified atom stereocenters. The Morgan fingerprint density at radius 3 is 2.69 bits per heavy atom. The molecule has 1 aromatic rings. The van der Waals surface area contributed by atoms with E-state index in [-0.39, 0.29) is 24.0 Å². The number of aliphatic hydroxyl groups excluding tert-OH is 1. The number of hydrogen-bond donors (Lipinski definition) is 1. The van der Waals surface area contributed by atoms with Crippen molar-refractivity contribution < 1.29 is 19.5 Å². The lowest BCUT2D eigenvalue weighted by Gasteiger charge is -2.43. The summed E-state index contributed by atoms with van der Waals surface area (Å²) >= 11 is 0. The Morgan fingerprint density at radius 2 is 2.00 bits per heavy atom. The molecule has 1 N–H and O–H groups in total. The molecule has 0 radical (unpaired) electrons. The van der Waals surface area contributed by atoms with Crippen LogP contribution in [0.5, 0.6) is 0 Å². The lowest BCUT2D eigenvalue weighted by molar-refractivity contribution is -0.155. The molecule has 0 aromatic heterocycles. The highest BCUT2D eigenvalue weighted by Crippen LogP contribution is 2.40. The molecule has 1 amide bonds. The Balaban J connectivity index is 1.45. The van der Waals surface area contributed by atoms with Crippen LogP contribution in [-0.2, 0) is 14.4 Å². The van der Waals surface area contributed by atoms with Crippen molar-refractivity contribution >= 4 is 11.6 Å². The first-order chi connectivity index (χ1) is 14.0. The van der Waals surface area contributed by atoms with Crippen molar-refractivity contribution in [1.29, 1.82) is 0 Å². The van der Waals surface area contributed by atoms with Gasteiger partial charge in [0, 0.05) is 39.1 Å². The number of hydrogen-bond acceptors (Lipinski definition) is 5. The predicted molar refractivity (Wildman–Crippen MR) is 111 cm³/mol. The number of aliphatic hydroxyl groups is 1. The van der Waals surface area contributed by atoms with Gasteiger partial charge in [-0.3, -0.25) is 4.79 Å². The number of likely N-dealkylation sites (tertiary alicyclic amines) is 1. The zero-order chi connectivity index (χ0) is 20.4. The van der Waals surface area contributed by atoms with E-state index in [0.29, 0.717) is 39.1 Å². The second-order valence-corrected chi connectivity index (χ2v) is 9.02. The fourth-order valence-electron chi connectivity index (χ4n) is 4.81. The van der Waals surface area contributed by atoms with E-state index in [0.717, 1.165) is 30.5 Å². The van der Waals surface area contributed by atoms with Crippen molar-refractivity contribution in [3.63, 3.8) is 0 Å². The zero-order valence-electron chi connectivity index (χ0n) is 17.5. The van der Waals surface area contributed by atoms with E-state index >= 15 is 0 Å². The lowest BCUT2D eigenvalue weighted by atomic mass is 9.73. The van der Waals surface area contributed by atoms with Gasteiger partial charge in [0.15, 0.2) is 0 Å². The molecule has 0 saturated carbocycles. The minimum atomic E-state index is -0.455. The van der Waals surface area contributed by atoms with Crippen LogP contribution in [0.3, 0.4) is 0 Å². The molecule has 0 aliphatic carbocycles. The monoisotopic (exact) mass is 400 g/mol. The number of piperidine rings is 1. The third kappa shape index (κ3) is 4.33. The van der Waals surface area contributed by atoms with Gasteiger partial charge in [-0.1, -0.05) is 41.9 Å². The smallest absolute Gasteiger partial charge is 0.229 e. The van der Waals surface area contributed by atoms with Gasteiger partial charge in [0.1, 0.15) is 6.10 Å². The number of ether oxygens (including phenoxy) is 1. The van der Waals surface area contributed by atoms with Crippen LogP contribution in [0.25, 0.3) is 0 Å².